The molecule has 0 aliphatic rings. The Morgan fingerprint density at radius 1 is 1.12 bits per heavy atom. The minimum Gasteiger partial charge on any atom is -0.497 e. The van der Waals surface area contributed by atoms with Crippen molar-refractivity contribution < 1.29 is 4.74 Å². The van der Waals surface area contributed by atoms with Crippen LogP contribution in [0.25, 0.3) is 22.4 Å². The number of ether oxygens (including phenoxy) is 1. The molecule has 0 saturated carbocycles. The molecular formula is C17H12N4O2S. The van der Waals surface area contributed by atoms with Gasteiger partial charge in [-0.1, -0.05) is 11.3 Å². The van der Waals surface area contributed by atoms with Crippen molar-refractivity contribution in [2.75, 3.05) is 7.11 Å². The molecule has 0 N–H and O–H groups in total. The highest BCUT2D eigenvalue weighted by atomic mass is 32.1. The Morgan fingerprint density at radius 3 is 2.54 bits per heavy atom. The van der Waals surface area contributed by atoms with Gasteiger partial charge in [0.05, 0.1) is 11.6 Å². The van der Waals surface area contributed by atoms with E-state index in [1.807, 2.05) is 42.5 Å². The molecule has 118 valence electrons. The number of hydrogen-bond acceptors (Lipinski definition) is 6. The molecular weight excluding hydrogens is 324 g/mol. The van der Waals surface area contributed by atoms with E-state index in [2.05, 4.69) is 15.1 Å². The Balaban J connectivity index is 1.78. The fraction of sp³-hybridized carbons (Fsp3) is 0.0588. The molecule has 0 atom stereocenters. The van der Waals surface area contributed by atoms with Crippen molar-refractivity contribution in [3.8, 4) is 17.1 Å². The molecule has 4 rings (SSSR count). The number of thiazole rings is 1. The van der Waals surface area contributed by atoms with Crippen molar-refractivity contribution >= 4 is 22.4 Å². The van der Waals surface area contributed by atoms with Gasteiger partial charge in [0.2, 0.25) is 4.96 Å². The first kappa shape index (κ1) is 14.5. The molecule has 0 aliphatic heterocycles. The Morgan fingerprint density at radius 2 is 1.88 bits per heavy atom. The standard InChI is InChI=1S/C17H12N4O2S/c1-23-13-4-2-12(3-5-13)15-19-17-21(20-15)16(22)14(24-17)10-11-6-8-18-9-7-11/h2-10H,1H3/b14-10+. The first-order valence-corrected chi connectivity index (χ1v) is 8.02. The first-order chi connectivity index (χ1) is 11.7. The third-order valence-electron chi connectivity index (χ3n) is 3.53. The molecule has 7 heteroatoms. The van der Waals surface area contributed by atoms with Gasteiger partial charge >= 0.3 is 0 Å². The predicted molar refractivity (Wildman–Crippen MR) is 92.1 cm³/mol. The van der Waals surface area contributed by atoms with Crippen LogP contribution in [0.15, 0.2) is 53.6 Å². The second-order valence-electron chi connectivity index (χ2n) is 5.05. The van der Waals surface area contributed by atoms with Crippen LogP contribution in [0.4, 0.5) is 0 Å². The molecule has 6 nitrogen and oxygen atoms in total. The van der Waals surface area contributed by atoms with Crippen molar-refractivity contribution in [1.82, 2.24) is 19.6 Å². The highest BCUT2D eigenvalue weighted by Gasteiger charge is 2.11. The summed E-state index contributed by atoms with van der Waals surface area (Å²) in [5.74, 6) is 1.29. The highest BCUT2D eigenvalue weighted by Crippen LogP contribution is 2.20. The molecule has 0 spiro atoms. The van der Waals surface area contributed by atoms with Gasteiger partial charge in [-0.25, -0.2) is 0 Å². The van der Waals surface area contributed by atoms with Crippen LogP contribution in [0.2, 0.25) is 0 Å². The Labute approximate surface area is 140 Å². The van der Waals surface area contributed by atoms with Crippen molar-refractivity contribution in [2.45, 2.75) is 0 Å². The van der Waals surface area contributed by atoms with Crippen LogP contribution in [0.1, 0.15) is 5.56 Å². The van der Waals surface area contributed by atoms with Crippen LogP contribution in [0, 0.1) is 0 Å². The summed E-state index contributed by atoms with van der Waals surface area (Å²) in [5, 5.41) is 4.33. The van der Waals surface area contributed by atoms with Crippen LogP contribution in [-0.4, -0.2) is 26.7 Å². The van der Waals surface area contributed by atoms with Crippen LogP contribution in [0.5, 0.6) is 5.75 Å². The minimum atomic E-state index is -0.168. The molecule has 0 unspecified atom stereocenters. The van der Waals surface area contributed by atoms with Crippen LogP contribution in [0.3, 0.4) is 0 Å². The minimum absolute atomic E-state index is 0.168. The van der Waals surface area contributed by atoms with Crippen LogP contribution >= 0.6 is 11.3 Å². The van der Waals surface area contributed by atoms with Gasteiger partial charge in [0, 0.05) is 18.0 Å². The summed E-state index contributed by atoms with van der Waals surface area (Å²) in [4.78, 5) is 21.5. The summed E-state index contributed by atoms with van der Waals surface area (Å²) in [6.07, 6.45) is 5.20. The van der Waals surface area contributed by atoms with E-state index in [4.69, 9.17) is 4.74 Å². The lowest BCUT2D eigenvalue weighted by Crippen LogP contribution is -2.23. The topological polar surface area (TPSA) is 69.4 Å². The summed E-state index contributed by atoms with van der Waals surface area (Å²) in [7, 11) is 1.62. The maximum atomic E-state index is 12.5. The third kappa shape index (κ3) is 2.55. The Bertz CT molecular complexity index is 1100. The molecule has 0 aliphatic carbocycles. The maximum Gasteiger partial charge on any atom is 0.291 e. The molecule has 24 heavy (non-hydrogen) atoms. The monoisotopic (exact) mass is 336 g/mol. The lowest BCUT2D eigenvalue weighted by Gasteiger charge is -1.99. The van der Waals surface area contributed by atoms with E-state index in [1.54, 1.807) is 19.5 Å². The molecule has 0 radical (unpaired) electrons. The summed E-state index contributed by atoms with van der Waals surface area (Å²) in [6.45, 7) is 0. The molecule has 4 aromatic rings. The van der Waals surface area contributed by atoms with Crippen LogP contribution < -0.4 is 14.8 Å². The molecule has 3 heterocycles. The second-order valence-corrected chi connectivity index (χ2v) is 6.06. The molecule has 0 amide bonds. The summed E-state index contributed by atoms with van der Waals surface area (Å²) in [5.41, 5.74) is 1.59. The molecule has 0 saturated heterocycles. The summed E-state index contributed by atoms with van der Waals surface area (Å²) >= 11 is 1.32. The average Bonchev–Trinajstić information content (AvgIpc) is 3.16. The fourth-order valence-corrected chi connectivity index (χ4v) is 3.21. The fourth-order valence-electron chi connectivity index (χ4n) is 2.31. The number of benzene rings is 1. The molecule has 0 bridgehead atoms. The number of methoxy groups -OCH3 is 1. The third-order valence-corrected chi connectivity index (χ3v) is 4.49. The zero-order valence-electron chi connectivity index (χ0n) is 12.7. The zero-order valence-corrected chi connectivity index (χ0v) is 13.5. The lowest BCUT2D eigenvalue weighted by molar-refractivity contribution is 0.415. The van der Waals surface area contributed by atoms with Crippen molar-refractivity contribution in [1.29, 1.82) is 0 Å². The van der Waals surface area contributed by atoms with Gasteiger partial charge in [0.25, 0.3) is 5.56 Å². The van der Waals surface area contributed by atoms with E-state index < -0.39 is 0 Å². The maximum absolute atomic E-state index is 12.5. The van der Waals surface area contributed by atoms with E-state index in [9.17, 15) is 4.79 Å². The largest absolute Gasteiger partial charge is 0.497 e. The summed E-state index contributed by atoms with van der Waals surface area (Å²) < 4.78 is 7.08. The average molecular weight is 336 g/mol. The van der Waals surface area contributed by atoms with Gasteiger partial charge in [-0.15, -0.1) is 5.10 Å². The van der Waals surface area contributed by atoms with Gasteiger partial charge in [-0.05, 0) is 48.0 Å². The van der Waals surface area contributed by atoms with Crippen molar-refractivity contribution in [2.24, 2.45) is 0 Å². The van der Waals surface area contributed by atoms with E-state index >= 15 is 0 Å². The summed E-state index contributed by atoms with van der Waals surface area (Å²) in [6, 6.07) is 11.1. The first-order valence-electron chi connectivity index (χ1n) is 7.20. The smallest absolute Gasteiger partial charge is 0.291 e. The van der Waals surface area contributed by atoms with Crippen molar-refractivity contribution in [3.63, 3.8) is 0 Å². The molecule has 0 fully saturated rings. The molecule has 1 aromatic carbocycles. The highest BCUT2D eigenvalue weighted by molar-refractivity contribution is 7.15. The van der Waals surface area contributed by atoms with E-state index in [0.29, 0.717) is 15.3 Å². The van der Waals surface area contributed by atoms with E-state index in [0.717, 1.165) is 16.9 Å². The number of aromatic nitrogens is 4. The van der Waals surface area contributed by atoms with Crippen molar-refractivity contribution in [3.05, 3.63) is 69.2 Å². The SMILES string of the molecule is COc1ccc(-c2nc3s/c(=C/c4ccncc4)c(=O)n3n2)cc1. The van der Waals surface area contributed by atoms with Gasteiger partial charge in [0.15, 0.2) is 5.82 Å². The Kier molecular flexibility index (Phi) is 3.55. The van der Waals surface area contributed by atoms with Gasteiger partial charge in [-0.3, -0.25) is 9.78 Å². The Hall–Kier alpha value is -3.06. The number of pyridine rings is 1. The number of rotatable bonds is 3. The second kappa shape index (κ2) is 5.86. The van der Waals surface area contributed by atoms with E-state index in [-0.39, 0.29) is 5.56 Å². The quantitative estimate of drug-likeness (QED) is 0.570. The van der Waals surface area contributed by atoms with E-state index in [1.165, 1.54) is 15.9 Å². The number of nitrogens with zero attached hydrogens (tertiary/aromatic N) is 4. The molecule has 3 aromatic heterocycles. The number of hydrogen-bond donors (Lipinski definition) is 0. The van der Waals surface area contributed by atoms with Crippen LogP contribution in [-0.2, 0) is 0 Å². The van der Waals surface area contributed by atoms with Gasteiger partial charge < -0.3 is 4.74 Å². The van der Waals surface area contributed by atoms with Gasteiger partial charge in [-0.2, -0.15) is 9.50 Å². The zero-order chi connectivity index (χ0) is 16.5. The van der Waals surface area contributed by atoms with Gasteiger partial charge in [0.1, 0.15) is 5.75 Å². The number of fused-ring (bicyclic) bond motifs is 1. The normalized spacial score (nSPS) is 12.0. The lowest BCUT2D eigenvalue weighted by atomic mass is 10.2. The predicted octanol–water partition coefficient (Wildman–Crippen LogP) is 1.77.